The molecule has 1 aliphatic carbocycles. The van der Waals surface area contributed by atoms with Gasteiger partial charge in [0.25, 0.3) is 0 Å². The third-order valence-corrected chi connectivity index (χ3v) is 13.0. The molecule has 0 bridgehead atoms. The van der Waals surface area contributed by atoms with Crippen molar-refractivity contribution in [2.75, 3.05) is 90.0 Å². The maximum atomic E-state index is 11.9. The fourth-order valence-corrected chi connectivity index (χ4v) is 8.88. The first-order valence-corrected chi connectivity index (χ1v) is 23.1. The lowest BCUT2D eigenvalue weighted by atomic mass is 9.66. The summed E-state index contributed by atoms with van der Waals surface area (Å²) in [5, 5.41) is 8.03. The number of thioether (sulfide) groups is 1. The van der Waals surface area contributed by atoms with Crippen molar-refractivity contribution in [3.8, 4) is 5.75 Å². The number of carbonyl (C=O) groups is 1. The molecule has 2 aliphatic heterocycles. The Hall–Kier alpha value is -1.92. The summed E-state index contributed by atoms with van der Waals surface area (Å²) in [7, 11) is 1.86. The van der Waals surface area contributed by atoms with Crippen LogP contribution in [0.1, 0.15) is 87.2 Å². The van der Waals surface area contributed by atoms with E-state index >= 15 is 0 Å². The number of fused-ring (bicyclic) bond motifs is 1. The first-order valence-electron chi connectivity index (χ1n) is 20.1. The molecule has 5 unspecified atom stereocenters. The van der Waals surface area contributed by atoms with Gasteiger partial charge in [0.15, 0.2) is 0 Å². The standard InChI is InChI=1S/C38H54ClN3O2S.C4H11NOS.CH4O/c1-4-6-8-30-23-34(39)12-14-35(30)33-26-42(37-22-29(27-43)10-15-38(37)44-28-33)25-32-11-13-36(32)31(9-7-5-2)24-41-18-16-40(17-19-41)20-21-45-3;1-4(2)7(6)5-3;1-2/h7,9-10,12,14-15,22-23,27,31-33,36H,4-6,8,11,13,16-21,24-26,28H2,1-3H3;4-5H,1-3H3;2H,1H3/b9-7+;;. The van der Waals surface area contributed by atoms with Crippen LogP contribution in [0.3, 0.4) is 0 Å². The van der Waals surface area contributed by atoms with Crippen LogP contribution in [0.15, 0.2) is 48.6 Å². The number of aldehydes is 1. The molecular weight excluding hydrogens is 736 g/mol. The Kier molecular flexibility index (Phi) is 21.8. The Morgan fingerprint density at radius 2 is 1.81 bits per heavy atom. The lowest BCUT2D eigenvalue weighted by Crippen LogP contribution is -2.50. The van der Waals surface area contributed by atoms with Crippen molar-refractivity contribution < 1.29 is 18.8 Å². The van der Waals surface area contributed by atoms with E-state index in [0.717, 1.165) is 75.2 Å². The summed E-state index contributed by atoms with van der Waals surface area (Å²) in [6.07, 6.45) is 15.1. The van der Waals surface area contributed by atoms with Crippen LogP contribution in [-0.4, -0.2) is 116 Å². The molecule has 3 aliphatic rings. The number of rotatable bonds is 17. The summed E-state index contributed by atoms with van der Waals surface area (Å²) in [5.74, 6) is 4.23. The number of allylic oxidation sites excluding steroid dienone is 1. The summed E-state index contributed by atoms with van der Waals surface area (Å²) in [4.78, 5) is 19.8. The van der Waals surface area contributed by atoms with Gasteiger partial charge in [0, 0.05) is 87.0 Å². The number of nitrogens with one attached hydrogen (secondary N) is 1. The van der Waals surface area contributed by atoms with Crippen molar-refractivity contribution in [2.45, 2.75) is 77.4 Å². The van der Waals surface area contributed by atoms with Crippen LogP contribution in [0.25, 0.3) is 0 Å². The molecule has 1 saturated heterocycles. The average Bonchev–Trinajstić information content (AvgIpc) is 3.36. The Morgan fingerprint density at radius 1 is 1.07 bits per heavy atom. The van der Waals surface area contributed by atoms with Gasteiger partial charge in [0.2, 0.25) is 0 Å². The van der Waals surface area contributed by atoms with Gasteiger partial charge in [-0.1, -0.05) is 50.1 Å². The van der Waals surface area contributed by atoms with Gasteiger partial charge in [0.05, 0.1) is 23.3 Å². The van der Waals surface area contributed by atoms with Crippen LogP contribution in [0, 0.1) is 17.8 Å². The van der Waals surface area contributed by atoms with Gasteiger partial charge in [-0.3, -0.25) is 9.69 Å². The van der Waals surface area contributed by atoms with E-state index in [9.17, 15) is 9.00 Å². The summed E-state index contributed by atoms with van der Waals surface area (Å²) in [6, 6.07) is 12.4. The monoisotopic (exact) mass is 804 g/mol. The SMILES string of the molecule is CC/C=C/C(CN1CCN(CCSC)CC1)C1CCC1CN1CC(c2ccc(Cl)cc2CCCC)COc2ccc(C=O)cc21.CNS(=O)C(C)C.CO. The second-order valence-corrected chi connectivity index (χ2v) is 18.3. The minimum absolute atomic E-state index is 0.227. The van der Waals surface area contributed by atoms with Crippen LogP contribution in [-0.2, 0) is 17.4 Å². The second-order valence-electron chi connectivity index (χ2n) is 14.9. The number of aryl methyl sites for hydroxylation is 1. The first kappa shape index (κ1) is 46.5. The molecule has 11 heteroatoms. The number of piperazine rings is 1. The molecule has 2 aromatic carbocycles. The quantitative estimate of drug-likeness (QED) is 0.123. The van der Waals surface area contributed by atoms with E-state index in [1.807, 2.05) is 49.9 Å². The number of hydrogen-bond donors (Lipinski definition) is 2. The molecule has 1 saturated carbocycles. The molecule has 0 aromatic heterocycles. The maximum absolute atomic E-state index is 11.9. The van der Waals surface area contributed by atoms with Crippen LogP contribution < -0.4 is 14.4 Å². The Labute approximate surface area is 339 Å². The van der Waals surface area contributed by atoms with Crippen molar-refractivity contribution in [3.63, 3.8) is 0 Å². The number of aliphatic hydroxyl groups is 1. The van der Waals surface area contributed by atoms with Gasteiger partial charge in [-0.05, 0) is 118 Å². The molecule has 0 radical (unpaired) electrons. The van der Waals surface area contributed by atoms with Gasteiger partial charge in [-0.15, -0.1) is 0 Å². The molecular formula is C43H69ClN4O4S2. The molecule has 5 rings (SSSR count). The summed E-state index contributed by atoms with van der Waals surface area (Å²) < 4.78 is 19.7. The molecule has 5 atom stereocenters. The van der Waals surface area contributed by atoms with Crippen LogP contribution in [0.4, 0.5) is 5.69 Å². The number of nitrogens with zero attached hydrogens (tertiary/aromatic N) is 3. The predicted molar refractivity (Wildman–Crippen MR) is 233 cm³/mol. The number of carbonyl (C=O) groups excluding carboxylic acids is 1. The summed E-state index contributed by atoms with van der Waals surface area (Å²) in [5.41, 5.74) is 4.48. The first-order chi connectivity index (χ1) is 26.2. The number of halogens is 1. The predicted octanol–water partition coefficient (Wildman–Crippen LogP) is 7.95. The Bertz CT molecular complexity index is 1440. The number of anilines is 1. The van der Waals surface area contributed by atoms with Crippen molar-refractivity contribution >= 4 is 46.3 Å². The van der Waals surface area contributed by atoms with Crippen LogP contribution in [0.5, 0.6) is 5.75 Å². The second kappa shape index (κ2) is 25.4. The Balaban J connectivity index is 0.000000783. The fraction of sp³-hybridized carbons (Fsp3) is 0.651. The highest BCUT2D eigenvalue weighted by Gasteiger charge is 2.39. The van der Waals surface area contributed by atoms with Gasteiger partial charge in [-0.25, -0.2) is 8.93 Å². The number of ether oxygens (including phenoxy) is 1. The normalized spacial score (nSPS) is 21.4. The van der Waals surface area contributed by atoms with E-state index in [0.29, 0.717) is 29.9 Å². The third-order valence-electron chi connectivity index (χ3n) is 11.0. The molecule has 2 heterocycles. The smallest absolute Gasteiger partial charge is 0.150 e. The van der Waals surface area contributed by atoms with E-state index in [1.165, 1.54) is 62.4 Å². The van der Waals surface area contributed by atoms with Crippen molar-refractivity contribution in [1.29, 1.82) is 0 Å². The van der Waals surface area contributed by atoms with Crippen LogP contribution >= 0.6 is 23.4 Å². The largest absolute Gasteiger partial charge is 0.491 e. The van der Waals surface area contributed by atoms with E-state index in [4.69, 9.17) is 21.4 Å². The minimum atomic E-state index is -0.829. The number of hydrogen-bond acceptors (Lipinski definition) is 8. The van der Waals surface area contributed by atoms with Crippen LogP contribution in [0.2, 0.25) is 5.02 Å². The zero-order chi connectivity index (χ0) is 39.5. The van der Waals surface area contributed by atoms with Crippen molar-refractivity contribution in [3.05, 3.63) is 70.3 Å². The molecule has 8 nitrogen and oxygen atoms in total. The number of aliphatic hydroxyl groups excluding tert-OH is 1. The highest BCUT2D eigenvalue weighted by Crippen LogP contribution is 2.44. The number of benzene rings is 2. The van der Waals surface area contributed by atoms with Gasteiger partial charge in [-0.2, -0.15) is 11.8 Å². The van der Waals surface area contributed by atoms with E-state index in [-0.39, 0.29) is 11.2 Å². The molecule has 0 amide bonds. The fourth-order valence-electron chi connectivity index (χ4n) is 7.77. The van der Waals surface area contributed by atoms with Crippen molar-refractivity contribution in [1.82, 2.24) is 14.5 Å². The van der Waals surface area contributed by atoms with E-state index in [1.54, 1.807) is 7.05 Å². The molecule has 54 heavy (non-hydrogen) atoms. The van der Waals surface area contributed by atoms with Crippen molar-refractivity contribution in [2.24, 2.45) is 17.8 Å². The zero-order valence-corrected chi connectivity index (χ0v) is 36.5. The van der Waals surface area contributed by atoms with Gasteiger partial charge >= 0.3 is 0 Å². The highest BCUT2D eigenvalue weighted by atomic mass is 35.5. The number of unbranched alkanes of at least 4 members (excludes halogenated alkanes) is 1. The van der Waals surface area contributed by atoms with E-state index < -0.39 is 11.0 Å². The maximum Gasteiger partial charge on any atom is 0.150 e. The molecule has 2 N–H and O–H groups in total. The molecule has 2 fully saturated rings. The van der Waals surface area contributed by atoms with Gasteiger partial charge in [0.1, 0.15) is 12.0 Å². The Morgan fingerprint density at radius 3 is 2.41 bits per heavy atom. The topological polar surface area (TPSA) is 85.4 Å². The minimum Gasteiger partial charge on any atom is -0.491 e. The highest BCUT2D eigenvalue weighted by molar-refractivity contribution is 7.98. The van der Waals surface area contributed by atoms with Gasteiger partial charge < -0.3 is 19.6 Å². The average molecular weight is 806 g/mol. The summed E-state index contributed by atoms with van der Waals surface area (Å²) in [6.45, 7) is 17.9. The lowest BCUT2D eigenvalue weighted by molar-refractivity contribution is 0.0759. The molecule has 304 valence electrons. The van der Waals surface area contributed by atoms with E-state index in [2.05, 4.69) is 63.8 Å². The third kappa shape index (κ3) is 14.2. The molecule has 2 aromatic rings. The zero-order valence-electron chi connectivity index (χ0n) is 34.1. The summed E-state index contributed by atoms with van der Waals surface area (Å²) >= 11 is 8.44. The lowest BCUT2D eigenvalue weighted by Gasteiger charge is -2.46. The molecule has 0 spiro atoms.